The minimum absolute atomic E-state index is 0.0491. The molecule has 0 radical (unpaired) electrons. The number of carbonyl (C=O) groups excluding carboxylic acids is 1. The van der Waals surface area contributed by atoms with E-state index in [0.717, 1.165) is 17.7 Å². The van der Waals surface area contributed by atoms with Gasteiger partial charge in [0.25, 0.3) is 0 Å². The molecule has 0 saturated carbocycles. The zero-order valence-corrected chi connectivity index (χ0v) is 13.3. The fourth-order valence-corrected chi connectivity index (χ4v) is 2.86. The van der Waals surface area contributed by atoms with Crippen LogP contribution in [-0.4, -0.2) is 37.2 Å². The third-order valence-electron chi connectivity index (χ3n) is 4.12. The number of nitrogens with zero attached hydrogens (tertiary/aromatic N) is 1. The van der Waals surface area contributed by atoms with Gasteiger partial charge >= 0.3 is 0 Å². The highest BCUT2D eigenvalue weighted by Crippen LogP contribution is 2.19. The van der Waals surface area contributed by atoms with E-state index in [4.69, 9.17) is 9.47 Å². The van der Waals surface area contributed by atoms with Crippen molar-refractivity contribution < 1.29 is 14.3 Å². The standard InChI is InChI=1S/C19H21NO3/c1-22-18-9-7-16(8-10-18)12-20-17(13-23-14-19(20)21)11-15-5-3-2-4-6-15/h2-10,17H,11-14H2,1H3/t17-/m0/s1. The van der Waals surface area contributed by atoms with E-state index < -0.39 is 0 Å². The molecule has 0 bridgehead atoms. The largest absolute Gasteiger partial charge is 0.497 e. The third-order valence-corrected chi connectivity index (χ3v) is 4.12. The van der Waals surface area contributed by atoms with Crippen LogP contribution in [0, 0.1) is 0 Å². The molecule has 0 spiro atoms. The van der Waals surface area contributed by atoms with Gasteiger partial charge in [-0.15, -0.1) is 0 Å². The summed E-state index contributed by atoms with van der Waals surface area (Å²) < 4.78 is 10.6. The molecule has 0 aromatic heterocycles. The van der Waals surface area contributed by atoms with Crippen molar-refractivity contribution >= 4 is 5.91 Å². The van der Waals surface area contributed by atoms with E-state index in [0.29, 0.717) is 13.2 Å². The van der Waals surface area contributed by atoms with Crippen LogP contribution in [0.4, 0.5) is 0 Å². The first-order valence-corrected chi connectivity index (χ1v) is 7.80. The predicted octanol–water partition coefficient (Wildman–Crippen LogP) is 2.67. The van der Waals surface area contributed by atoms with Crippen molar-refractivity contribution in [3.05, 3.63) is 65.7 Å². The summed E-state index contributed by atoms with van der Waals surface area (Å²) in [5.41, 5.74) is 2.31. The lowest BCUT2D eigenvalue weighted by atomic mass is 10.0. The zero-order valence-electron chi connectivity index (χ0n) is 13.3. The quantitative estimate of drug-likeness (QED) is 0.852. The molecule has 1 atom stereocenters. The number of ether oxygens (including phenoxy) is 2. The van der Waals surface area contributed by atoms with Gasteiger partial charge < -0.3 is 14.4 Å². The maximum absolute atomic E-state index is 12.3. The van der Waals surface area contributed by atoms with Crippen LogP contribution in [0.2, 0.25) is 0 Å². The second-order valence-electron chi connectivity index (χ2n) is 5.73. The van der Waals surface area contributed by atoms with Crippen LogP contribution < -0.4 is 4.74 Å². The topological polar surface area (TPSA) is 38.8 Å². The van der Waals surface area contributed by atoms with E-state index in [1.165, 1.54) is 5.56 Å². The Hall–Kier alpha value is -2.33. The van der Waals surface area contributed by atoms with Crippen LogP contribution in [0.3, 0.4) is 0 Å². The van der Waals surface area contributed by atoms with Crippen LogP contribution in [0.25, 0.3) is 0 Å². The van der Waals surface area contributed by atoms with E-state index in [9.17, 15) is 4.79 Å². The van der Waals surface area contributed by atoms with Crippen molar-refractivity contribution in [2.75, 3.05) is 20.3 Å². The maximum atomic E-state index is 12.3. The van der Waals surface area contributed by atoms with E-state index in [2.05, 4.69) is 12.1 Å². The predicted molar refractivity (Wildman–Crippen MR) is 88.3 cm³/mol. The highest BCUT2D eigenvalue weighted by atomic mass is 16.5. The van der Waals surface area contributed by atoms with Crippen molar-refractivity contribution in [3.63, 3.8) is 0 Å². The summed E-state index contributed by atoms with van der Waals surface area (Å²) in [6.45, 7) is 1.35. The maximum Gasteiger partial charge on any atom is 0.249 e. The van der Waals surface area contributed by atoms with Gasteiger partial charge in [-0.25, -0.2) is 0 Å². The second kappa shape index (κ2) is 7.29. The lowest BCUT2D eigenvalue weighted by Gasteiger charge is -2.35. The van der Waals surface area contributed by atoms with Gasteiger partial charge in [-0.2, -0.15) is 0 Å². The molecule has 1 fully saturated rings. The Bertz CT molecular complexity index is 639. The molecule has 1 aliphatic heterocycles. The normalized spacial score (nSPS) is 18.0. The summed E-state index contributed by atoms with van der Waals surface area (Å²) in [6, 6.07) is 18.1. The van der Waals surface area contributed by atoms with Gasteiger partial charge in [0, 0.05) is 6.54 Å². The molecule has 120 valence electrons. The molecular weight excluding hydrogens is 290 g/mol. The Labute approximate surface area is 136 Å². The molecule has 1 saturated heterocycles. The molecule has 2 aromatic carbocycles. The van der Waals surface area contributed by atoms with Crippen molar-refractivity contribution in [1.82, 2.24) is 4.90 Å². The van der Waals surface area contributed by atoms with Crippen molar-refractivity contribution in [3.8, 4) is 5.75 Å². The first kappa shape index (κ1) is 15.6. The van der Waals surface area contributed by atoms with Gasteiger partial charge in [0.1, 0.15) is 12.4 Å². The molecule has 1 amide bonds. The van der Waals surface area contributed by atoms with Crippen LogP contribution in [-0.2, 0) is 22.5 Å². The molecule has 4 nitrogen and oxygen atoms in total. The molecule has 1 heterocycles. The van der Waals surface area contributed by atoms with Crippen LogP contribution in [0.5, 0.6) is 5.75 Å². The van der Waals surface area contributed by atoms with E-state index >= 15 is 0 Å². The SMILES string of the molecule is COc1ccc(CN2C(=O)COC[C@@H]2Cc2ccccc2)cc1. The smallest absolute Gasteiger partial charge is 0.249 e. The minimum Gasteiger partial charge on any atom is -0.497 e. The van der Waals surface area contributed by atoms with E-state index in [-0.39, 0.29) is 18.6 Å². The van der Waals surface area contributed by atoms with E-state index in [1.807, 2.05) is 47.4 Å². The van der Waals surface area contributed by atoms with Crippen molar-refractivity contribution in [2.45, 2.75) is 19.0 Å². The highest BCUT2D eigenvalue weighted by Gasteiger charge is 2.28. The fourth-order valence-electron chi connectivity index (χ4n) is 2.86. The fraction of sp³-hybridized carbons (Fsp3) is 0.316. The average Bonchev–Trinajstić information content (AvgIpc) is 2.59. The third kappa shape index (κ3) is 3.90. The molecular formula is C19H21NO3. The molecule has 3 rings (SSSR count). The lowest BCUT2D eigenvalue weighted by Crippen LogP contribution is -2.49. The van der Waals surface area contributed by atoms with Crippen LogP contribution >= 0.6 is 0 Å². The highest BCUT2D eigenvalue weighted by molar-refractivity contribution is 5.78. The summed E-state index contributed by atoms with van der Waals surface area (Å²) in [6.07, 6.45) is 0.808. The lowest BCUT2D eigenvalue weighted by molar-refractivity contribution is -0.148. The van der Waals surface area contributed by atoms with Gasteiger partial charge in [0.05, 0.1) is 19.8 Å². The monoisotopic (exact) mass is 311 g/mol. The number of rotatable bonds is 5. The Balaban J connectivity index is 1.73. The molecule has 2 aromatic rings. The summed E-state index contributed by atoms with van der Waals surface area (Å²) >= 11 is 0. The average molecular weight is 311 g/mol. The molecule has 23 heavy (non-hydrogen) atoms. The summed E-state index contributed by atoms with van der Waals surface area (Å²) in [5.74, 6) is 0.871. The van der Waals surface area contributed by atoms with Gasteiger partial charge in [0.2, 0.25) is 5.91 Å². The summed E-state index contributed by atoms with van der Waals surface area (Å²) in [4.78, 5) is 14.2. The number of hydrogen-bond acceptors (Lipinski definition) is 3. The number of amides is 1. The molecule has 0 unspecified atom stereocenters. The van der Waals surface area contributed by atoms with Gasteiger partial charge in [0.15, 0.2) is 0 Å². The Kier molecular flexibility index (Phi) is 4.93. The first-order chi connectivity index (χ1) is 11.3. The minimum atomic E-state index is 0.0491. The van der Waals surface area contributed by atoms with E-state index in [1.54, 1.807) is 7.11 Å². The number of methoxy groups -OCH3 is 1. The van der Waals surface area contributed by atoms with Crippen LogP contribution in [0.15, 0.2) is 54.6 Å². The van der Waals surface area contributed by atoms with Crippen molar-refractivity contribution in [2.24, 2.45) is 0 Å². The Morgan fingerprint density at radius 1 is 1.09 bits per heavy atom. The van der Waals surface area contributed by atoms with Crippen molar-refractivity contribution in [1.29, 1.82) is 0 Å². The number of morpholine rings is 1. The Morgan fingerprint density at radius 3 is 2.52 bits per heavy atom. The Morgan fingerprint density at radius 2 is 1.83 bits per heavy atom. The number of carbonyl (C=O) groups is 1. The zero-order chi connectivity index (χ0) is 16.1. The summed E-state index contributed by atoms with van der Waals surface area (Å²) in [5, 5.41) is 0. The van der Waals surface area contributed by atoms with Crippen LogP contribution in [0.1, 0.15) is 11.1 Å². The molecule has 1 aliphatic rings. The van der Waals surface area contributed by atoms with Gasteiger partial charge in [-0.3, -0.25) is 4.79 Å². The van der Waals surface area contributed by atoms with Gasteiger partial charge in [-0.1, -0.05) is 42.5 Å². The first-order valence-electron chi connectivity index (χ1n) is 7.80. The number of benzene rings is 2. The second-order valence-corrected chi connectivity index (χ2v) is 5.73. The molecule has 0 N–H and O–H groups in total. The molecule has 4 heteroatoms. The molecule has 0 aliphatic carbocycles. The number of hydrogen-bond donors (Lipinski definition) is 0. The summed E-state index contributed by atoms with van der Waals surface area (Å²) in [7, 11) is 1.65. The van der Waals surface area contributed by atoms with Gasteiger partial charge in [-0.05, 0) is 29.7 Å².